The number of nitrogens with zero attached hydrogens (tertiary/aromatic N) is 1. The Hall–Kier alpha value is -0.160. The zero-order chi connectivity index (χ0) is 10.8. The molecule has 14 heavy (non-hydrogen) atoms. The molecular formula is C10H24N2O2. The van der Waals surface area contributed by atoms with Crippen molar-refractivity contribution in [2.45, 2.75) is 25.3 Å². The van der Waals surface area contributed by atoms with Crippen LogP contribution in [0, 0.1) is 0 Å². The molecule has 1 atom stereocenters. The van der Waals surface area contributed by atoms with Gasteiger partial charge < -0.3 is 20.4 Å². The first kappa shape index (κ1) is 13.8. The highest BCUT2D eigenvalue weighted by Gasteiger charge is 2.16. The Kier molecular flexibility index (Phi) is 9.29. The number of nitrogens with one attached hydrogen (secondary N) is 1. The number of hydrogen-bond acceptors (Lipinski definition) is 4. The van der Waals surface area contributed by atoms with Crippen molar-refractivity contribution in [2.24, 2.45) is 0 Å². The summed E-state index contributed by atoms with van der Waals surface area (Å²) in [6.45, 7) is 2.41. The number of aliphatic hydroxyl groups is 2. The van der Waals surface area contributed by atoms with Gasteiger partial charge in [-0.2, -0.15) is 0 Å². The first-order chi connectivity index (χ1) is 6.76. The van der Waals surface area contributed by atoms with E-state index in [-0.39, 0.29) is 6.61 Å². The van der Waals surface area contributed by atoms with E-state index in [1.807, 2.05) is 0 Å². The van der Waals surface area contributed by atoms with Crippen LogP contribution in [0.25, 0.3) is 0 Å². The van der Waals surface area contributed by atoms with Crippen molar-refractivity contribution >= 4 is 0 Å². The molecule has 0 aromatic rings. The predicted molar refractivity (Wildman–Crippen MR) is 58.4 cm³/mol. The number of aliphatic hydroxyl groups excluding tert-OH is 2. The van der Waals surface area contributed by atoms with Crippen LogP contribution in [-0.2, 0) is 0 Å². The van der Waals surface area contributed by atoms with Crippen molar-refractivity contribution in [2.75, 3.05) is 40.4 Å². The number of likely N-dealkylation sites (tertiary alicyclic amines) is 1. The summed E-state index contributed by atoms with van der Waals surface area (Å²) in [7, 11) is 3.89. The van der Waals surface area contributed by atoms with E-state index in [1.165, 1.54) is 19.3 Å². The summed E-state index contributed by atoms with van der Waals surface area (Å²) in [5, 5.41) is 19.6. The Labute approximate surface area is 86.9 Å². The van der Waals surface area contributed by atoms with Gasteiger partial charge in [0.2, 0.25) is 0 Å². The van der Waals surface area contributed by atoms with Gasteiger partial charge in [-0.05, 0) is 33.5 Å². The molecule has 0 radical (unpaired) electrons. The molecule has 4 heteroatoms. The summed E-state index contributed by atoms with van der Waals surface area (Å²) in [6.07, 6.45) is 3.76. The maximum Gasteiger partial charge on any atom is 0.0586 e. The van der Waals surface area contributed by atoms with Crippen LogP contribution in [-0.4, -0.2) is 61.6 Å². The molecule has 0 aromatic heterocycles. The molecule has 1 heterocycles. The maximum absolute atomic E-state index is 8.82. The van der Waals surface area contributed by atoms with Crippen LogP contribution in [0.1, 0.15) is 19.3 Å². The maximum atomic E-state index is 8.82. The van der Waals surface area contributed by atoms with Crippen LogP contribution < -0.4 is 5.32 Å². The summed E-state index contributed by atoms with van der Waals surface area (Å²) in [5.74, 6) is 0. The summed E-state index contributed by atoms with van der Waals surface area (Å²) in [5.41, 5.74) is 0. The van der Waals surface area contributed by atoms with Crippen molar-refractivity contribution in [3.63, 3.8) is 0 Å². The molecular weight excluding hydrogens is 180 g/mol. The van der Waals surface area contributed by atoms with Crippen LogP contribution >= 0.6 is 0 Å². The highest BCUT2D eigenvalue weighted by molar-refractivity contribution is 4.72. The van der Waals surface area contributed by atoms with E-state index < -0.39 is 0 Å². The van der Waals surface area contributed by atoms with Gasteiger partial charge in [0, 0.05) is 12.6 Å². The fourth-order valence-corrected chi connectivity index (χ4v) is 1.49. The highest BCUT2D eigenvalue weighted by atomic mass is 16.3. The van der Waals surface area contributed by atoms with E-state index in [1.54, 1.807) is 7.05 Å². The fraction of sp³-hybridized carbons (Fsp3) is 1.00. The van der Waals surface area contributed by atoms with Crippen molar-refractivity contribution < 1.29 is 10.2 Å². The van der Waals surface area contributed by atoms with Crippen molar-refractivity contribution in [1.29, 1.82) is 0 Å². The first-order valence-corrected chi connectivity index (χ1v) is 5.32. The second-order valence-electron chi connectivity index (χ2n) is 3.64. The lowest BCUT2D eigenvalue weighted by Crippen LogP contribution is -2.38. The third-order valence-electron chi connectivity index (χ3n) is 2.49. The van der Waals surface area contributed by atoms with Crippen LogP contribution in [0.5, 0.6) is 0 Å². The quantitative estimate of drug-likeness (QED) is 0.589. The van der Waals surface area contributed by atoms with Crippen molar-refractivity contribution in [3.8, 4) is 0 Å². The number of likely N-dealkylation sites (N-methyl/N-ethyl adjacent to an activating group) is 2. The molecule has 0 bridgehead atoms. The fourth-order valence-electron chi connectivity index (χ4n) is 1.49. The molecule has 0 aliphatic carbocycles. The monoisotopic (exact) mass is 204 g/mol. The van der Waals surface area contributed by atoms with E-state index in [9.17, 15) is 0 Å². The van der Waals surface area contributed by atoms with E-state index in [2.05, 4.69) is 17.3 Å². The minimum atomic E-state index is 0.233. The van der Waals surface area contributed by atoms with Crippen LogP contribution in [0.15, 0.2) is 0 Å². The van der Waals surface area contributed by atoms with Gasteiger partial charge in [0.05, 0.1) is 13.2 Å². The third-order valence-corrected chi connectivity index (χ3v) is 2.49. The second kappa shape index (κ2) is 9.40. The van der Waals surface area contributed by atoms with Gasteiger partial charge in [-0.15, -0.1) is 0 Å². The van der Waals surface area contributed by atoms with Crippen molar-refractivity contribution in [3.05, 3.63) is 0 Å². The Bertz CT molecular complexity index is 121. The van der Waals surface area contributed by atoms with E-state index >= 15 is 0 Å². The molecule has 0 aromatic carbocycles. The molecule has 0 saturated carbocycles. The molecule has 3 N–H and O–H groups in total. The minimum absolute atomic E-state index is 0.233. The predicted octanol–water partition coefficient (Wildman–Crippen LogP) is -0.339. The lowest BCUT2D eigenvalue weighted by molar-refractivity contribution is 0.114. The third kappa shape index (κ3) is 6.32. The van der Waals surface area contributed by atoms with Gasteiger partial charge >= 0.3 is 0 Å². The molecule has 0 amide bonds. The summed E-state index contributed by atoms with van der Waals surface area (Å²) in [6, 6.07) is 0.443. The summed E-state index contributed by atoms with van der Waals surface area (Å²) >= 11 is 0. The molecule has 1 aliphatic heterocycles. The van der Waals surface area contributed by atoms with Crippen LogP contribution in [0.2, 0.25) is 0 Å². The Morgan fingerprint density at radius 3 is 2.36 bits per heavy atom. The number of piperidine rings is 1. The average Bonchev–Trinajstić information content (AvgIpc) is 2.21. The molecule has 1 saturated heterocycles. The molecule has 1 rings (SSSR count). The molecule has 1 aliphatic rings. The van der Waals surface area contributed by atoms with Gasteiger partial charge in [0.15, 0.2) is 0 Å². The minimum Gasteiger partial charge on any atom is -0.395 e. The Balaban J connectivity index is 0.000000292. The smallest absolute Gasteiger partial charge is 0.0586 e. The van der Waals surface area contributed by atoms with Gasteiger partial charge in [-0.3, -0.25) is 0 Å². The normalized spacial score (nSPS) is 22.7. The summed E-state index contributed by atoms with van der Waals surface area (Å²) < 4.78 is 0. The van der Waals surface area contributed by atoms with Gasteiger partial charge in [0.25, 0.3) is 0 Å². The van der Waals surface area contributed by atoms with Gasteiger partial charge in [-0.1, -0.05) is 6.42 Å². The van der Waals surface area contributed by atoms with Gasteiger partial charge in [0.1, 0.15) is 0 Å². The molecule has 0 spiro atoms. The molecule has 86 valence electrons. The standard InChI is InChI=1S/C7H15NO.C3H9NO/c1-8-5-3-2-4-7(8)6-9;1-4-2-3-5/h7,9H,2-6H2,1H3;4-5H,2-3H2,1H3. The zero-order valence-corrected chi connectivity index (χ0v) is 9.37. The van der Waals surface area contributed by atoms with E-state index in [0.29, 0.717) is 19.2 Å². The summed E-state index contributed by atoms with van der Waals surface area (Å²) in [4.78, 5) is 2.24. The highest BCUT2D eigenvalue weighted by Crippen LogP contribution is 2.13. The first-order valence-electron chi connectivity index (χ1n) is 5.32. The Morgan fingerprint density at radius 1 is 1.36 bits per heavy atom. The second-order valence-corrected chi connectivity index (χ2v) is 3.64. The molecule has 1 unspecified atom stereocenters. The SMILES string of the molecule is CN1CCCCC1CO.CNCCO. The van der Waals surface area contributed by atoms with Crippen molar-refractivity contribution in [1.82, 2.24) is 10.2 Å². The van der Waals surface area contributed by atoms with Gasteiger partial charge in [-0.25, -0.2) is 0 Å². The van der Waals surface area contributed by atoms with Crippen LogP contribution in [0.4, 0.5) is 0 Å². The average molecular weight is 204 g/mol. The van der Waals surface area contributed by atoms with E-state index in [4.69, 9.17) is 10.2 Å². The largest absolute Gasteiger partial charge is 0.395 e. The van der Waals surface area contributed by atoms with Crippen LogP contribution in [0.3, 0.4) is 0 Å². The topological polar surface area (TPSA) is 55.7 Å². The Morgan fingerprint density at radius 2 is 2.07 bits per heavy atom. The van der Waals surface area contributed by atoms with E-state index in [0.717, 1.165) is 6.54 Å². The lowest BCUT2D eigenvalue weighted by atomic mass is 10.0. The molecule has 1 fully saturated rings. The lowest BCUT2D eigenvalue weighted by Gasteiger charge is -2.30. The zero-order valence-electron chi connectivity index (χ0n) is 9.37. The number of hydrogen-bond donors (Lipinski definition) is 3. The molecule has 4 nitrogen and oxygen atoms in total. The number of rotatable bonds is 3.